The Morgan fingerprint density at radius 3 is 2.47 bits per heavy atom. The third-order valence-corrected chi connectivity index (χ3v) is 3.85. The van der Waals surface area contributed by atoms with E-state index in [1.807, 2.05) is 24.3 Å². The number of hydrogen-bond donors (Lipinski definition) is 2. The zero-order chi connectivity index (χ0) is 13.8. The molecule has 0 aliphatic heterocycles. The van der Waals surface area contributed by atoms with Crippen LogP contribution in [0.25, 0.3) is 0 Å². The van der Waals surface area contributed by atoms with Crippen LogP contribution in [-0.2, 0) is 6.42 Å². The minimum absolute atomic E-state index is 0.280. The summed E-state index contributed by atoms with van der Waals surface area (Å²) >= 11 is 7.99. The third kappa shape index (κ3) is 3.89. The standard InChI is InChI=1S/C14H13ClFIN2/c15-10-3-6-12(13(16)8-10)14(19-18)7-9-1-4-11(17)5-2-9/h1-6,8,14,19H,7,18H2. The van der Waals surface area contributed by atoms with Crippen LogP contribution in [0.5, 0.6) is 0 Å². The SMILES string of the molecule is NNC(Cc1ccc(I)cc1)c1ccc(Cl)cc1F. The van der Waals surface area contributed by atoms with Gasteiger partial charge in [0, 0.05) is 14.2 Å². The smallest absolute Gasteiger partial charge is 0.129 e. The summed E-state index contributed by atoms with van der Waals surface area (Å²) in [5, 5.41) is 0.381. The molecule has 2 nitrogen and oxygen atoms in total. The summed E-state index contributed by atoms with van der Waals surface area (Å²) in [6, 6.07) is 12.4. The van der Waals surface area contributed by atoms with E-state index in [4.69, 9.17) is 17.4 Å². The second kappa shape index (κ2) is 6.65. The summed E-state index contributed by atoms with van der Waals surface area (Å²) in [7, 11) is 0. The van der Waals surface area contributed by atoms with Gasteiger partial charge in [0.1, 0.15) is 5.82 Å². The number of halogens is 3. The molecular formula is C14H13ClFIN2. The monoisotopic (exact) mass is 390 g/mol. The maximum absolute atomic E-state index is 13.9. The lowest BCUT2D eigenvalue weighted by atomic mass is 9.99. The Morgan fingerprint density at radius 2 is 1.89 bits per heavy atom. The van der Waals surface area contributed by atoms with Gasteiger partial charge in [-0.1, -0.05) is 29.8 Å². The van der Waals surface area contributed by atoms with Crippen LogP contribution in [0.1, 0.15) is 17.2 Å². The number of hydrazine groups is 1. The van der Waals surface area contributed by atoms with Gasteiger partial charge < -0.3 is 0 Å². The highest BCUT2D eigenvalue weighted by atomic mass is 127. The van der Waals surface area contributed by atoms with E-state index in [-0.39, 0.29) is 11.9 Å². The molecule has 0 fully saturated rings. The van der Waals surface area contributed by atoms with E-state index in [2.05, 4.69) is 28.0 Å². The third-order valence-electron chi connectivity index (χ3n) is 2.89. The molecule has 0 aliphatic rings. The second-order valence-electron chi connectivity index (χ2n) is 4.22. The highest BCUT2D eigenvalue weighted by Gasteiger charge is 2.15. The lowest BCUT2D eigenvalue weighted by Crippen LogP contribution is -2.30. The molecule has 1 atom stereocenters. The summed E-state index contributed by atoms with van der Waals surface area (Å²) in [6.07, 6.45) is 0.617. The van der Waals surface area contributed by atoms with E-state index in [1.54, 1.807) is 12.1 Å². The summed E-state index contributed by atoms with van der Waals surface area (Å²) in [5.74, 6) is 5.19. The highest BCUT2D eigenvalue weighted by Crippen LogP contribution is 2.23. The first-order chi connectivity index (χ1) is 9.10. The van der Waals surface area contributed by atoms with Crippen LogP contribution in [0, 0.1) is 9.39 Å². The predicted molar refractivity (Wildman–Crippen MR) is 84.3 cm³/mol. The van der Waals surface area contributed by atoms with E-state index in [9.17, 15) is 4.39 Å². The normalized spacial score (nSPS) is 12.4. The van der Waals surface area contributed by atoms with E-state index in [0.717, 1.165) is 9.13 Å². The Labute approximate surface area is 130 Å². The van der Waals surface area contributed by atoms with Crippen molar-refractivity contribution >= 4 is 34.2 Å². The maximum Gasteiger partial charge on any atom is 0.129 e. The average molecular weight is 391 g/mol. The summed E-state index contributed by atoms with van der Waals surface area (Å²) in [5.41, 5.74) is 4.27. The van der Waals surface area contributed by atoms with Crippen molar-refractivity contribution < 1.29 is 4.39 Å². The Kier molecular flexibility index (Phi) is 5.15. The summed E-state index contributed by atoms with van der Waals surface area (Å²) in [6.45, 7) is 0. The van der Waals surface area contributed by atoms with Gasteiger partial charge in [-0.2, -0.15) is 0 Å². The van der Waals surface area contributed by atoms with Crippen LogP contribution in [-0.4, -0.2) is 0 Å². The van der Waals surface area contributed by atoms with Gasteiger partial charge in [0.05, 0.1) is 6.04 Å². The predicted octanol–water partition coefficient (Wildman–Crippen LogP) is 3.83. The van der Waals surface area contributed by atoms with Crippen molar-refractivity contribution in [2.24, 2.45) is 5.84 Å². The molecule has 19 heavy (non-hydrogen) atoms. The molecule has 5 heteroatoms. The van der Waals surface area contributed by atoms with Gasteiger partial charge >= 0.3 is 0 Å². The molecule has 0 bridgehead atoms. The van der Waals surface area contributed by atoms with Crippen molar-refractivity contribution in [2.75, 3.05) is 0 Å². The second-order valence-corrected chi connectivity index (χ2v) is 5.90. The fourth-order valence-corrected chi connectivity index (χ4v) is 2.42. The van der Waals surface area contributed by atoms with Gasteiger partial charge in [0.15, 0.2) is 0 Å². The van der Waals surface area contributed by atoms with Crippen molar-refractivity contribution in [3.05, 3.63) is 68.0 Å². The van der Waals surface area contributed by atoms with Gasteiger partial charge in [0.25, 0.3) is 0 Å². The van der Waals surface area contributed by atoms with E-state index in [1.165, 1.54) is 6.07 Å². The Hall–Kier alpha value is -0.690. The molecule has 0 heterocycles. The van der Waals surface area contributed by atoms with Crippen LogP contribution in [0.2, 0.25) is 5.02 Å². The molecule has 0 aromatic heterocycles. The summed E-state index contributed by atoms with van der Waals surface area (Å²) < 4.78 is 15.0. The van der Waals surface area contributed by atoms with Crippen LogP contribution < -0.4 is 11.3 Å². The molecule has 0 aliphatic carbocycles. The van der Waals surface area contributed by atoms with Crippen molar-refractivity contribution in [3.63, 3.8) is 0 Å². The summed E-state index contributed by atoms with van der Waals surface area (Å²) in [4.78, 5) is 0. The van der Waals surface area contributed by atoms with Crippen LogP contribution >= 0.6 is 34.2 Å². The Morgan fingerprint density at radius 1 is 1.21 bits per heavy atom. The van der Waals surface area contributed by atoms with E-state index in [0.29, 0.717) is 17.0 Å². The lowest BCUT2D eigenvalue weighted by Gasteiger charge is -2.17. The first kappa shape index (κ1) is 14.7. The van der Waals surface area contributed by atoms with Crippen molar-refractivity contribution in [1.82, 2.24) is 5.43 Å². The molecular weight excluding hydrogens is 378 g/mol. The van der Waals surface area contributed by atoms with Gasteiger partial charge in [-0.15, -0.1) is 0 Å². The van der Waals surface area contributed by atoms with Crippen molar-refractivity contribution in [2.45, 2.75) is 12.5 Å². The fraction of sp³-hybridized carbons (Fsp3) is 0.143. The first-order valence-electron chi connectivity index (χ1n) is 5.75. The highest BCUT2D eigenvalue weighted by molar-refractivity contribution is 14.1. The van der Waals surface area contributed by atoms with Crippen LogP contribution in [0.4, 0.5) is 4.39 Å². The molecule has 0 amide bonds. The topological polar surface area (TPSA) is 38.0 Å². The number of nitrogens with two attached hydrogens (primary N) is 1. The van der Waals surface area contributed by atoms with Gasteiger partial charge in [-0.25, -0.2) is 4.39 Å². The first-order valence-corrected chi connectivity index (χ1v) is 7.21. The minimum atomic E-state index is -0.346. The fourth-order valence-electron chi connectivity index (χ4n) is 1.90. The number of benzene rings is 2. The molecule has 0 saturated heterocycles. The number of rotatable bonds is 4. The Balaban J connectivity index is 2.22. The molecule has 0 saturated carbocycles. The van der Waals surface area contributed by atoms with E-state index >= 15 is 0 Å². The van der Waals surface area contributed by atoms with Gasteiger partial charge in [-0.3, -0.25) is 11.3 Å². The Bertz CT molecular complexity index is 560. The van der Waals surface area contributed by atoms with Gasteiger partial charge in [0.2, 0.25) is 0 Å². The average Bonchev–Trinajstić information content (AvgIpc) is 2.39. The molecule has 3 N–H and O–H groups in total. The largest absolute Gasteiger partial charge is 0.271 e. The van der Waals surface area contributed by atoms with Gasteiger partial charge in [-0.05, 0) is 58.8 Å². The zero-order valence-electron chi connectivity index (χ0n) is 10.0. The van der Waals surface area contributed by atoms with Crippen molar-refractivity contribution in [1.29, 1.82) is 0 Å². The quantitative estimate of drug-likeness (QED) is 0.473. The minimum Gasteiger partial charge on any atom is -0.271 e. The molecule has 100 valence electrons. The number of nitrogens with one attached hydrogen (secondary N) is 1. The van der Waals surface area contributed by atoms with Crippen LogP contribution in [0.15, 0.2) is 42.5 Å². The molecule has 2 aromatic rings. The number of hydrogen-bond acceptors (Lipinski definition) is 2. The lowest BCUT2D eigenvalue weighted by molar-refractivity contribution is 0.510. The van der Waals surface area contributed by atoms with Crippen LogP contribution in [0.3, 0.4) is 0 Å². The molecule has 0 radical (unpaired) electrons. The molecule has 0 spiro atoms. The maximum atomic E-state index is 13.9. The molecule has 1 unspecified atom stereocenters. The molecule has 2 aromatic carbocycles. The zero-order valence-corrected chi connectivity index (χ0v) is 13.0. The van der Waals surface area contributed by atoms with E-state index < -0.39 is 0 Å². The molecule has 2 rings (SSSR count). The van der Waals surface area contributed by atoms with Crippen molar-refractivity contribution in [3.8, 4) is 0 Å².